The Labute approximate surface area is 136 Å². The van der Waals surface area contributed by atoms with Gasteiger partial charge in [0, 0.05) is 32.8 Å². The van der Waals surface area contributed by atoms with Gasteiger partial charge in [-0.3, -0.25) is 4.79 Å². The Hall–Kier alpha value is -1.94. The van der Waals surface area contributed by atoms with Crippen LogP contribution in [0.1, 0.15) is 5.69 Å². The number of carbonyl (C=O) groups excluding carboxylic acids is 1. The molecule has 0 unspecified atom stereocenters. The molecule has 2 atom stereocenters. The van der Waals surface area contributed by atoms with E-state index in [0.29, 0.717) is 26.2 Å². The average Bonchev–Trinajstić information content (AvgIpc) is 2.98. The SMILES string of the molecule is COCCN1C(=O)CO[C@H]2CN(c3cc(C(F)(F)F)ncn3)C[C@@H]21. The fraction of sp³-hybridized carbons (Fsp3) is 0.643. The zero-order valence-corrected chi connectivity index (χ0v) is 13.0. The summed E-state index contributed by atoms with van der Waals surface area (Å²) in [5, 5.41) is 0. The Bertz CT molecular complexity index is 613. The third-order valence-electron chi connectivity index (χ3n) is 4.18. The van der Waals surface area contributed by atoms with E-state index in [1.54, 1.807) is 16.9 Å². The average molecular weight is 346 g/mol. The second-order valence-electron chi connectivity index (χ2n) is 5.66. The van der Waals surface area contributed by atoms with Gasteiger partial charge in [0.2, 0.25) is 5.91 Å². The van der Waals surface area contributed by atoms with Crippen LogP contribution < -0.4 is 4.90 Å². The maximum Gasteiger partial charge on any atom is 0.433 e. The fourth-order valence-corrected chi connectivity index (χ4v) is 3.01. The normalized spacial score (nSPS) is 24.4. The third kappa shape index (κ3) is 3.29. The molecule has 3 heterocycles. The number of fused-ring (bicyclic) bond motifs is 1. The van der Waals surface area contributed by atoms with E-state index in [0.717, 1.165) is 12.4 Å². The highest BCUT2D eigenvalue weighted by atomic mass is 19.4. The van der Waals surface area contributed by atoms with Gasteiger partial charge < -0.3 is 19.3 Å². The molecule has 132 valence electrons. The molecule has 10 heteroatoms. The van der Waals surface area contributed by atoms with Crippen LogP contribution in [0.4, 0.5) is 19.0 Å². The summed E-state index contributed by atoms with van der Waals surface area (Å²) in [4.78, 5) is 22.6. The zero-order chi connectivity index (χ0) is 17.3. The lowest BCUT2D eigenvalue weighted by Crippen LogP contribution is -2.54. The van der Waals surface area contributed by atoms with E-state index in [1.165, 1.54) is 0 Å². The number of rotatable bonds is 4. The monoisotopic (exact) mass is 346 g/mol. The molecule has 1 aromatic heterocycles. The number of nitrogens with zero attached hydrogens (tertiary/aromatic N) is 4. The number of ether oxygens (including phenoxy) is 2. The minimum atomic E-state index is -4.53. The number of hydrogen-bond donors (Lipinski definition) is 0. The van der Waals surface area contributed by atoms with Gasteiger partial charge >= 0.3 is 6.18 Å². The van der Waals surface area contributed by atoms with Gasteiger partial charge in [-0.25, -0.2) is 9.97 Å². The van der Waals surface area contributed by atoms with Crippen molar-refractivity contribution in [3.63, 3.8) is 0 Å². The molecule has 0 bridgehead atoms. The number of anilines is 1. The molecular weight excluding hydrogens is 329 g/mol. The maximum absolute atomic E-state index is 12.8. The van der Waals surface area contributed by atoms with Gasteiger partial charge in [0.1, 0.15) is 24.4 Å². The van der Waals surface area contributed by atoms with Crippen LogP contribution in [0.25, 0.3) is 0 Å². The van der Waals surface area contributed by atoms with E-state index < -0.39 is 11.9 Å². The largest absolute Gasteiger partial charge is 0.433 e. The number of amides is 1. The first-order chi connectivity index (χ1) is 11.4. The van der Waals surface area contributed by atoms with Crippen molar-refractivity contribution in [3.8, 4) is 0 Å². The molecule has 2 aliphatic heterocycles. The Morgan fingerprint density at radius 2 is 2.17 bits per heavy atom. The van der Waals surface area contributed by atoms with Crippen LogP contribution in [0.2, 0.25) is 0 Å². The van der Waals surface area contributed by atoms with Crippen LogP contribution in [0, 0.1) is 0 Å². The van der Waals surface area contributed by atoms with Crippen LogP contribution in [0.5, 0.6) is 0 Å². The lowest BCUT2D eigenvalue weighted by Gasteiger charge is -2.36. The summed E-state index contributed by atoms with van der Waals surface area (Å²) >= 11 is 0. The summed E-state index contributed by atoms with van der Waals surface area (Å²) in [7, 11) is 1.54. The predicted molar refractivity (Wildman–Crippen MR) is 76.4 cm³/mol. The molecule has 0 aromatic carbocycles. The molecule has 1 amide bonds. The Balaban J connectivity index is 1.77. The van der Waals surface area contributed by atoms with E-state index in [2.05, 4.69) is 9.97 Å². The van der Waals surface area contributed by atoms with Crippen molar-refractivity contribution in [3.05, 3.63) is 18.1 Å². The summed E-state index contributed by atoms with van der Waals surface area (Å²) in [6.45, 7) is 1.51. The quantitative estimate of drug-likeness (QED) is 0.794. The highest BCUT2D eigenvalue weighted by molar-refractivity contribution is 5.79. The maximum atomic E-state index is 12.8. The second kappa shape index (κ2) is 6.52. The molecule has 0 radical (unpaired) electrons. The van der Waals surface area contributed by atoms with Crippen molar-refractivity contribution < 1.29 is 27.4 Å². The summed E-state index contributed by atoms with van der Waals surface area (Å²) < 4.78 is 49.0. The molecule has 2 aliphatic rings. The molecule has 1 aromatic rings. The van der Waals surface area contributed by atoms with Crippen molar-refractivity contribution in [2.45, 2.75) is 18.3 Å². The summed E-state index contributed by atoms with van der Waals surface area (Å²) in [6.07, 6.45) is -3.89. The molecule has 3 rings (SSSR count). The summed E-state index contributed by atoms with van der Waals surface area (Å²) in [5.41, 5.74) is -0.990. The lowest BCUT2D eigenvalue weighted by molar-refractivity contribution is -0.153. The van der Waals surface area contributed by atoms with E-state index in [4.69, 9.17) is 9.47 Å². The molecule has 7 nitrogen and oxygen atoms in total. The van der Waals surface area contributed by atoms with Gasteiger partial charge in [-0.15, -0.1) is 0 Å². The number of hydrogen-bond acceptors (Lipinski definition) is 6. The van der Waals surface area contributed by atoms with Gasteiger partial charge in [-0.1, -0.05) is 0 Å². The zero-order valence-electron chi connectivity index (χ0n) is 13.0. The van der Waals surface area contributed by atoms with Gasteiger partial charge in [0.25, 0.3) is 0 Å². The molecular formula is C14H17F3N4O3. The van der Waals surface area contributed by atoms with Gasteiger partial charge in [0.15, 0.2) is 0 Å². The number of methoxy groups -OCH3 is 1. The minimum Gasteiger partial charge on any atom is -0.383 e. The standard InChI is InChI=1S/C14H17F3N4O3/c1-23-3-2-21-9-5-20(6-10(9)24-7-13(21)22)12-4-11(14(15,16)17)18-8-19-12/h4,8-10H,2-3,5-7H2,1H3/t9-,10-/m0/s1. The topological polar surface area (TPSA) is 67.8 Å². The van der Waals surface area contributed by atoms with E-state index >= 15 is 0 Å². The van der Waals surface area contributed by atoms with Crippen molar-refractivity contribution in [2.75, 3.05) is 44.9 Å². The number of aromatic nitrogens is 2. The van der Waals surface area contributed by atoms with Crippen LogP contribution >= 0.6 is 0 Å². The van der Waals surface area contributed by atoms with E-state index in [-0.39, 0.29) is 30.5 Å². The Morgan fingerprint density at radius 1 is 1.38 bits per heavy atom. The number of morpholine rings is 1. The summed E-state index contributed by atoms with van der Waals surface area (Å²) in [6, 6.07) is 0.684. The van der Waals surface area contributed by atoms with Crippen molar-refractivity contribution in [1.82, 2.24) is 14.9 Å². The molecule has 2 saturated heterocycles. The Morgan fingerprint density at radius 3 is 2.88 bits per heavy atom. The van der Waals surface area contributed by atoms with Crippen LogP contribution in [-0.4, -0.2) is 72.9 Å². The van der Waals surface area contributed by atoms with Gasteiger partial charge in [0.05, 0.1) is 18.8 Å². The molecule has 0 spiro atoms. The van der Waals surface area contributed by atoms with Crippen LogP contribution in [0.3, 0.4) is 0 Å². The number of alkyl halides is 3. The fourth-order valence-electron chi connectivity index (χ4n) is 3.01. The number of carbonyl (C=O) groups is 1. The van der Waals surface area contributed by atoms with Crippen molar-refractivity contribution in [2.24, 2.45) is 0 Å². The minimum absolute atomic E-state index is 0.0315. The highest BCUT2D eigenvalue weighted by Gasteiger charge is 2.44. The third-order valence-corrected chi connectivity index (χ3v) is 4.18. The van der Waals surface area contributed by atoms with Gasteiger partial charge in [-0.2, -0.15) is 13.2 Å². The highest BCUT2D eigenvalue weighted by Crippen LogP contribution is 2.31. The number of halogens is 3. The smallest absolute Gasteiger partial charge is 0.383 e. The Kier molecular flexibility index (Phi) is 4.59. The van der Waals surface area contributed by atoms with Crippen LogP contribution in [-0.2, 0) is 20.4 Å². The first-order valence-electron chi connectivity index (χ1n) is 7.44. The molecule has 0 saturated carbocycles. The molecule has 0 aliphatic carbocycles. The van der Waals surface area contributed by atoms with Crippen molar-refractivity contribution in [1.29, 1.82) is 0 Å². The second-order valence-corrected chi connectivity index (χ2v) is 5.66. The van der Waals surface area contributed by atoms with E-state index in [1.807, 2.05) is 0 Å². The molecule has 2 fully saturated rings. The van der Waals surface area contributed by atoms with E-state index in [9.17, 15) is 18.0 Å². The predicted octanol–water partition coefficient (Wildman–Crippen LogP) is 0.558. The summed E-state index contributed by atoms with van der Waals surface area (Å²) in [5.74, 6) is 0.0308. The molecule has 24 heavy (non-hydrogen) atoms. The first kappa shape index (κ1) is 16.9. The lowest BCUT2D eigenvalue weighted by atomic mass is 10.1. The van der Waals surface area contributed by atoms with Gasteiger partial charge in [-0.05, 0) is 0 Å². The first-order valence-corrected chi connectivity index (χ1v) is 7.44. The van der Waals surface area contributed by atoms with Crippen molar-refractivity contribution >= 4 is 11.7 Å². The molecule has 0 N–H and O–H groups in total. The van der Waals surface area contributed by atoms with Crippen LogP contribution in [0.15, 0.2) is 12.4 Å².